The van der Waals surface area contributed by atoms with Crippen molar-refractivity contribution in [2.45, 2.75) is 40.3 Å². The average Bonchev–Trinajstić information content (AvgIpc) is 2.51. The first kappa shape index (κ1) is 14.1. The summed E-state index contributed by atoms with van der Waals surface area (Å²) in [7, 11) is 0. The van der Waals surface area contributed by atoms with E-state index in [9.17, 15) is 4.79 Å². The van der Waals surface area contributed by atoms with Gasteiger partial charge >= 0.3 is 5.97 Å². The maximum absolute atomic E-state index is 10.6. The molecule has 0 saturated heterocycles. The zero-order valence-electron chi connectivity index (χ0n) is 8.44. The molecule has 15 heavy (non-hydrogen) atoms. The van der Waals surface area contributed by atoms with Gasteiger partial charge in [-0.2, -0.15) is 0 Å². The summed E-state index contributed by atoms with van der Waals surface area (Å²) < 4.78 is 0. The molecule has 0 aliphatic heterocycles. The number of thiazole rings is 1. The van der Waals surface area contributed by atoms with E-state index in [1.165, 1.54) is 0 Å². The number of aryl methyl sites for hydroxylation is 1. The Morgan fingerprint density at radius 3 is 2.60 bits per heavy atom. The first-order valence-electron chi connectivity index (χ1n) is 4.41. The summed E-state index contributed by atoms with van der Waals surface area (Å²) in [6.07, 6.45) is 0. The molecule has 2 unspecified atom stereocenters. The molecule has 0 spiro atoms. The normalized spacial score (nSPS) is 14.1. The number of carbonyl (C=O) groups is 1. The van der Waals surface area contributed by atoms with Crippen LogP contribution in [0.2, 0.25) is 0 Å². The quantitative estimate of drug-likeness (QED) is 0.832. The van der Waals surface area contributed by atoms with Crippen LogP contribution in [0.4, 0.5) is 0 Å². The van der Waals surface area contributed by atoms with Crippen LogP contribution in [-0.4, -0.2) is 22.1 Å². The highest BCUT2D eigenvalue weighted by atomic mass is 32.1. The molecule has 2 atom stereocenters. The van der Waals surface area contributed by atoms with Gasteiger partial charge in [-0.05, 0) is 20.8 Å². The van der Waals surface area contributed by atoms with Crippen LogP contribution in [0.3, 0.4) is 0 Å². The molecule has 0 saturated carbocycles. The Labute approximate surface area is 94.4 Å². The Hall–Kier alpha value is -0.940. The van der Waals surface area contributed by atoms with E-state index in [1.54, 1.807) is 18.3 Å². The van der Waals surface area contributed by atoms with Crippen molar-refractivity contribution in [3.05, 3.63) is 16.1 Å². The van der Waals surface area contributed by atoms with Crippen LogP contribution in [0.1, 0.15) is 38.0 Å². The number of carboxylic acid groups (broad SMARTS) is 1. The fraction of sp³-hybridized carbons (Fsp3) is 0.600. The standard InChI is InChI=1S/C9H14N2O2S.CH4/c1-5(10-6(2)9(12)13)8-4-14-7(3)11-8;/h4-6,10H,1-3H3,(H,12,13);1H4. The van der Waals surface area contributed by atoms with E-state index in [0.29, 0.717) is 0 Å². The predicted molar refractivity (Wildman–Crippen MR) is 62.2 cm³/mol. The predicted octanol–water partition coefficient (Wildman–Crippen LogP) is 2.21. The van der Waals surface area contributed by atoms with E-state index < -0.39 is 12.0 Å². The fourth-order valence-corrected chi connectivity index (χ4v) is 1.82. The number of hydrogen-bond acceptors (Lipinski definition) is 4. The van der Waals surface area contributed by atoms with Gasteiger partial charge in [-0.1, -0.05) is 7.43 Å². The third-order valence-electron chi connectivity index (χ3n) is 1.95. The summed E-state index contributed by atoms with van der Waals surface area (Å²) in [4.78, 5) is 14.9. The summed E-state index contributed by atoms with van der Waals surface area (Å²) in [5, 5.41) is 14.6. The lowest BCUT2D eigenvalue weighted by molar-refractivity contribution is -0.139. The molecule has 0 aliphatic carbocycles. The Kier molecular flexibility index (Phi) is 5.46. The lowest BCUT2D eigenvalue weighted by Gasteiger charge is -2.14. The summed E-state index contributed by atoms with van der Waals surface area (Å²) in [5.41, 5.74) is 0.903. The first-order chi connectivity index (χ1) is 6.50. The average molecular weight is 230 g/mol. The van der Waals surface area contributed by atoms with Gasteiger partial charge in [-0.3, -0.25) is 10.1 Å². The minimum atomic E-state index is -0.844. The zero-order chi connectivity index (χ0) is 10.7. The van der Waals surface area contributed by atoms with E-state index in [1.807, 2.05) is 19.2 Å². The van der Waals surface area contributed by atoms with Crippen LogP contribution in [0.5, 0.6) is 0 Å². The zero-order valence-corrected chi connectivity index (χ0v) is 9.26. The van der Waals surface area contributed by atoms with Gasteiger partial charge in [0, 0.05) is 11.4 Å². The molecule has 5 heteroatoms. The number of aromatic nitrogens is 1. The number of nitrogens with zero attached hydrogens (tertiary/aromatic N) is 1. The lowest BCUT2D eigenvalue weighted by Crippen LogP contribution is -2.35. The summed E-state index contributed by atoms with van der Waals surface area (Å²) in [5.74, 6) is -0.844. The Bertz CT molecular complexity index is 325. The van der Waals surface area contributed by atoms with Gasteiger partial charge in [-0.15, -0.1) is 11.3 Å². The molecule has 86 valence electrons. The monoisotopic (exact) mass is 230 g/mol. The van der Waals surface area contributed by atoms with Crippen molar-refractivity contribution in [1.82, 2.24) is 10.3 Å². The summed E-state index contributed by atoms with van der Waals surface area (Å²) in [6, 6.07) is -0.571. The van der Waals surface area contributed by atoms with Crippen molar-refractivity contribution in [3.63, 3.8) is 0 Å². The molecule has 1 aromatic heterocycles. The second-order valence-electron chi connectivity index (χ2n) is 3.24. The maximum Gasteiger partial charge on any atom is 0.320 e. The largest absolute Gasteiger partial charge is 0.480 e. The molecule has 0 bridgehead atoms. The fourth-order valence-electron chi connectivity index (χ4n) is 1.11. The van der Waals surface area contributed by atoms with Crippen molar-refractivity contribution in [3.8, 4) is 0 Å². The van der Waals surface area contributed by atoms with Crippen molar-refractivity contribution in [2.75, 3.05) is 0 Å². The van der Waals surface area contributed by atoms with E-state index in [2.05, 4.69) is 10.3 Å². The molecule has 0 radical (unpaired) electrons. The van der Waals surface area contributed by atoms with Gasteiger partial charge in [0.25, 0.3) is 0 Å². The molecule has 0 fully saturated rings. The number of carboxylic acids is 1. The van der Waals surface area contributed by atoms with Gasteiger partial charge < -0.3 is 5.11 Å². The number of rotatable bonds is 4. The summed E-state index contributed by atoms with van der Waals surface area (Å²) >= 11 is 1.57. The van der Waals surface area contributed by atoms with E-state index in [-0.39, 0.29) is 13.5 Å². The highest BCUT2D eigenvalue weighted by molar-refractivity contribution is 7.09. The van der Waals surface area contributed by atoms with Gasteiger partial charge in [0.1, 0.15) is 6.04 Å². The van der Waals surface area contributed by atoms with Gasteiger partial charge in [0.2, 0.25) is 0 Å². The smallest absolute Gasteiger partial charge is 0.320 e. The Morgan fingerprint density at radius 1 is 1.60 bits per heavy atom. The third kappa shape index (κ3) is 3.97. The molecule has 1 rings (SSSR count). The van der Waals surface area contributed by atoms with Crippen LogP contribution in [0, 0.1) is 6.92 Å². The van der Waals surface area contributed by atoms with Crippen LogP contribution in [0.15, 0.2) is 5.38 Å². The molecule has 0 aromatic carbocycles. The topological polar surface area (TPSA) is 62.2 Å². The second-order valence-corrected chi connectivity index (χ2v) is 4.30. The first-order valence-corrected chi connectivity index (χ1v) is 5.29. The second kappa shape index (κ2) is 5.82. The maximum atomic E-state index is 10.6. The minimum absolute atomic E-state index is 0. The molecular formula is C10H18N2O2S. The molecule has 0 amide bonds. The molecular weight excluding hydrogens is 212 g/mol. The molecule has 1 heterocycles. The van der Waals surface area contributed by atoms with Crippen molar-refractivity contribution in [2.24, 2.45) is 0 Å². The Balaban J connectivity index is 0.00000196. The van der Waals surface area contributed by atoms with Gasteiger partial charge in [0.15, 0.2) is 0 Å². The number of hydrogen-bond donors (Lipinski definition) is 2. The van der Waals surface area contributed by atoms with E-state index in [4.69, 9.17) is 5.11 Å². The summed E-state index contributed by atoms with van der Waals surface area (Å²) in [6.45, 7) is 5.47. The number of aliphatic carboxylic acids is 1. The van der Waals surface area contributed by atoms with Crippen LogP contribution in [0.25, 0.3) is 0 Å². The van der Waals surface area contributed by atoms with E-state index in [0.717, 1.165) is 10.7 Å². The molecule has 2 N–H and O–H groups in total. The van der Waals surface area contributed by atoms with Crippen molar-refractivity contribution in [1.29, 1.82) is 0 Å². The highest BCUT2D eigenvalue weighted by Crippen LogP contribution is 2.15. The third-order valence-corrected chi connectivity index (χ3v) is 2.74. The SMILES string of the molecule is C.Cc1nc(C(C)NC(C)C(=O)O)cs1. The van der Waals surface area contributed by atoms with E-state index >= 15 is 0 Å². The minimum Gasteiger partial charge on any atom is -0.480 e. The van der Waals surface area contributed by atoms with Gasteiger partial charge in [0.05, 0.1) is 10.7 Å². The molecule has 0 aliphatic rings. The Morgan fingerprint density at radius 2 is 2.20 bits per heavy atom. The van der Waals surface area contributed by atoms with Crippen molar-refractivity contribution < 1.29 is 9.90 Å². The van der Waals surface area contributed by atoms with Crippen LogP contribution in [-0.2, 0) is 4.79 Å². The van der Waals surface area contributed by atoms with Crippen LogP contribution < -0.4 is 5.32 Å². The van der Waals surface area contributed by atoms with Crippen molar-refractivity contribution >= 4 is 17.3 Å². The van der Waals surface area contributed by atoms with Crippen LogP contribution >= 0.6 is 11.3 Å². The highest BCUT2D eigenvalue weighted by Gasteiger charge is 2.16. The number of nitrogens with one attached hydrogen (secondary N) is 1. The molecule has 1 aromatic rings. The molecule has 4 nitrogen and oxygen atoms in total. The lowest BCUT2D eigenvalue weighted by atomic mass is 10.2. The van der Waals surface area contributed by atoms with Gasteiger partial charge in [-0.25, -0.2) is 4.98 Å².